The van der Waals surface area contributed by atoms with E-state index in [9.17, 15) is 9.59 Å². The first-order chi connectivity index (χ1) is 12.7. The van der Waals surface area contributed by atoms with Crippen molar-refractivity contribution in [2.75, 3.05) is 0 Å². The van der Waals surface area contributed by atoms with Crippen LogP contribution < -0.4 is 5.32 Å². The Labute approximate surface area is 155 Å². The van der Waals surface area contributed by atoms with E-state index in [0.29, 0.717) is 4.91 Å². The Morgan fingerprint density at radius 2 is 1.42 bits per heavy atom. The van der Waals surface area contributed by atoms with Crippen LogP contribution in [0.5, 0.6) is 0 Å². The first-order valence-electron chi connectivity index (χ1n) is 8.05. The van der Waals surface area contributed by atoms with Crippen molar-refractivity contribution < 1.29 is 9.59 Å². The Kier molecular flexibility index (Phi) is 4.37. The summed E-state index contributed by atoms with van der Waals surface area (Å²) < 4.78 is 0. The van der Waals surface area contributed by atoms with Crippen molar-refractivity contribution in [3.05, 3.63) is 83.5 Å². The lowest BCUT2D eigenvalue weighted by atomic mass is 10.0. The summed E-state index contributed by atoms with van der Waals surface area (Å²) in [5, 5.41) is 1.93. The van der Waals surface area contributed by atoms with Crippen LogP contribution in [0.15, 0.2) is 78.0 Å². The topological polar surface area (TPSA) is 59.1 Å². The van der Waals surface area contributed by atoms with Crippen LogP contribution in [0.4, 0.5) is 4.79 Å². The minimum Gasteiger partial charge on any atom is -0.282 e. The van der Waals surface area contributed by atoms with Gasteiger partial charge in [-0.15, -0.1) is 0 Å². The molecule has 26 heavy (non-hydrogen) atoms. The van der Waals surface area contributed by atoms with Gasteiger partial charge in [0.05, 0.1) is 4.91 Å². The minimum absolute atomic E-state index is 0.327. The molecule has 1 N–H and O–H groups in total. The molecule has 1 aliphatic heterocycles. The molecule has 0 bridgehead atoms. The molecule has 0 saturated carbocycles. The van der Waals surface area contributed by atoms with Gasteiger partial charge in [0.25, 0.3) is 11.1 Å². The van der Waals surface area contributed by atoms with Gasteiger partial charge in [-0.25, -0.2) is 0 Å². The molecule has 2 amide bonds. The van der Waals surface area contributed by atoms with E-state index in [4.69, 9.17) is 0 Å². The van der Waals surface area contributed by atoms with E-state index in [2.05, 4.69) is 34.6 Å². The second-order valence-corrected chi connectivity index (χ2v) is 6.81. The van der Waals surface area contributed by atoms with Gasteiger partial charge in [-0.3, -0.25) is 19.9 Å². The Balaban J connectivity index is 1.55. The molecule has 4 rings (SSSR count). The van der Waals surface area contributed by atoms with E-state index in [0.717, 1.165) is 39.6 Å². The Morgan fingerprint density at radius 1 is 0.808 bits per heavy atom. The molecular formula is C21H14N2O2S. The number of nitrogens with zero attached hydrogens (tertiary/aromatic N) is 1. The normalized spacial score (nSPS) is 15.3. The molecular weight excluding hydrogens is 344 g/mol. The van der Waals surface area contributed by atoms with Gasteiger partial charge in [0, 0.05) is 12.4 Å². The van der Waals surface area contributed by atoms with E-state index in [1.54, 1.807) is 12.3 Å². The molecule has 0 aliphatic carbocycles. The number of benzene rings is 2. The fraction of sp³-hybridized carbons (Fsp3) is 0. The van der Waals surface area contributed by atoms with Gasteiger partial charge in [0.1, 0.15) is 0 Å². The zero-order chi connectivity index (χ0) is 17.9. The molecule has 2 heterocycles. The summed E-state index contributed by atoms with van der Waals surface area (Å²) in [5.74, 6) is -0.338. The number of hydrogen-bond acceptors (Lipinski definition) is 4. The summed E-state index contributed by atoms with van der Waals surface area (Å²) in [7, 11) is 0. The molecule has 3 aromatic rings. The summed E-state index contributed by atoms with van der Waals surface area (Å²) >= 11 is 0.925. The lowest BCUT2D eigenvalue weighted by Crippen LogP contribution is -2.17. The largest absolute Gasteiger partial charge is 0.290 e. The predicted molar refractivity (Wildman–Crippen MR) is 104 cm³/mol. The molecule has 0 unspecified atom stereocenters. The number of nitrogens with one attached hydrogen (secondary N) is 1. The van der Waals surface area contributed by atoms with Crippen LogP contribution >= 0.6 is 11.8 Å². The number of amides is 2. The molecule has 5 heteroatoms. The van der Waals surface area contributed by atoms with E-state index >= 15 is 0 Å². The maximum atomic E-state index is 11.6. The molecule has 0 radical (unpaired) electrons. The van der Waals surface area contributed by atoms with E-state index in [-0.39, 0.29) is 11.1 Å². The van der Waals surface area contributed by atoms with Crippen LogP contribution in [-0.2, 0) is 4.79 Å². The van der Waals surface area contributed by atoms with Crippen LogP contribution in [0.2, 0.25) is 0 Å². The highest BCUT2D eigenvalue weighted by Crippen LogP contribution is 2.28. The second-order valence-electron chi connectivity index (χ2n) is 5.79. The molecule has 1 aromatic heterocycles. The number of imide groups is 1. The molecule has 126 valence electrons. The predicted octanol–water partition coefficient (Wildman–Crippen LogP) is 4.74. The monoisotopic (exact) mass is 358 g/mol. The van der Waals surface area contributed by atoms with Crippen molar-refractivity contribution >= 4 is 29.0 Å². The first-order valence-corrected chi connectivity index (χ1v) is 8.86. The summed E-state index contributed by atoms with van der Waals surface area (Å²) in [6, 6.07) is 20.2. The summed E-state index contributed by atoms with van der Waals surface area (Å²) in [6.07, 6.45) is 5.33. The van der Waals surface area contributed by atoms with Crippen molar-refractivity contribution in [2.45, 2.75) is 0 Å². The van der Waals surface area contributed by atoms with E-state index < -0.39 is 0 Å². The average molecular weight is 358 g/mol. The standard InChI is InChI=1S/C21H14N2O2S/c24-20-19(26-21(25)23-20)12-14-3-5-15(6-4-14)16-7-9-17(10-8-16)18-2-1-11-22-13-18/h1-13H,(H,23,24,25)/b19-12-. The van der Waals surface area contributed by atoms with E-state index in [1.165, 1.54) is 0 Å². The highest BCUT2D eigenvalue weighted by Gasteiger charge is 2.24. The third-order valence-electron chi connectivity index (χ3n) is 4.06. The molecule has 0 spiro atoms. The molecule has 2 aromatic carbocycles. The molecule has 1 fully saturated rings. The van der Waals surface area contributed by atoms with Crippen LogP contribution in [0.3, 0.4) is 0 Å². The van der Waals surface area contributed by atoms with Crippen molar-refractivity contribution in [1.29, 1.82) is 0 Å². The third-order valence-corrected chi connectivity index (χ3v) is 4.87. The summed E-state index contributed by atoms with van der Waals surface area (Å²) in [6.45, 7) is 0. The first kappa shape index (κ1) is 16.3. The number of carbonyl (C=O) groups is 2. The summed E-state index contributed by atoms with van der Waals surface area (Å²) in [4.78, 5) is 27.4. The van der Waals surface area contributed by atoms with Crippen LogP contribution in [0.1, 0.15) is 5.56 Å². The highest BCUT2D eigenvalue weighted by molar-refractivity contribution is 8.18. The SMILES string of the molecule is O=C1NC(=O)/C(=C/c2ccc(-c3ccc(-c4cccnc4)cc3)cc2)S1. The molecule has 1 aliphatic rings. The van der Waals surface area contributed by atoms with Crippen LogP contribution in [-0.4, -0.2) is 16.1 Å². The lowest BCUT2D eigenvalue weighted by Gasteiger charge is -2.05. The maximum absolute atomic E-state index is 11.6. The minimum atomic E-state index is -0.338. The molecule has 0 atom stereocenters. The fourth-order valence-electron chi connectivity index (χ4n) is 2.73. The molecule has 1 saturated heterocycles. The van der Waals surface area contributed by atoms with Crippen molar-refractivity contribution in [3.63, 3.8) is 0 Å². The number of carbonyl (C=O) groups excluding carboxylic acids is 2. The molecule has 4 nitrogen and oxygen atoms in total. The summed E-state index contributed by atoms with van der Waals surface area (Å²) in [5.41, 5.74) is 5.29. The van der Waals surface area contributed by atoms with Gasteiger partial charge in [-0.2, -0.15) is 0 Å². The van der Waals surface area contributed by atoms with Crippen molar-refractivity contribution in [2.24, 2.45) is 0 Å². The quantitative estimate of drug-likeness (QED) is 0.687. The second kappa shape index (κ2) is 6.98. The average Bonchev–Trinajstić information content (AvgIpc) is 3.00. The van der Waals surface area contributed by atoms with Gasteiger partial charge in [0.15, 0.2) is 0 Å². The van der Waals surface area contributed by atoms with Gasteiger partial charge < -0.3 is 0 Å². The number of hydrogen-bond donors (Lipinski definition) is 1. The van der Waals surface area contributed by atoms with Crippen molar-refractivity contribution in [1.82, 2.24) is 10.3 Å². The number of aromatic nitrogens is 1. The van der Waals surface area contributed by atoms with Crippen LogP contribution in [0, 0.1) is 0 Å². The van der Waals surface area contributed by atoms with Gasteiger partial charge in [-0.05, 0) is 51.7 Å². The smallest absolute Gasteiger partial charge is 0.282 e. The van der Waals surface area contributed by atoms with Crippen LogP contribution in [0.25, 0.3) is 28.3 Å². The Hall–Kier alpha value is -3.18. The Bertz CT molecular complexity index is 994. The maximum Gasteiger partial charge on any atom is 0.290 e. The van der Waals surface area contributed by atoms with Gasteiger partial charge >= 0.3 is 0 Å². The van der Waals surface area contributed by atoms with Crippen molar-refractivity contribution in [3.8, 4) is 22.3 Å². The number of rotatable bonds is 3. The van der Waals surface area contributed by atoms with E-state index in [1.807, 2.05) is 42.6 Å². The third kappa shape index (κ3) is 3.43. The lowest BCUT2D eigenvalue weighted by molar-refractivity contribution is -0.115. The van der Waals surface area contributed by atoms with Gasteiger partial charge in [-0.1, -0.05) is 54.6 Å². The highest BCUT2D eigenvalue weighted by atomic mass is 32.2. The Morgan fingerprint density at radius 3 is 1.96 bits per heavy atom. The number of pyridine rings is 1. The van der Waals surface area contributed by atoms with Gasteiger partial charge in [0.2, 0.25) is 0 Å². The zero-order valence-corrected chi connectivity index (χ0v) is 14.5. The fourth-order valence-corrected chi connectivity index (χ4v) is 3.42. The number of thioether (sulfide) groups is 1. The zero-order valence-electron chi connectivity index (χ0n) is 13.7.